The molecule has 0 amide bonds. The van der Waals surface area contributed by atoms with E-state index in [9.17, 15) is 4.79 Å². The van der Waals surface area contributed by atoms with E-state index in [1.54, 1.807) is 0 Å². The van der Waals surface area contributed by atoms with E-state index >= 15 is 0 Å². The Morgan fingerprint density at radius 2 is 1.94 bits per heavy atom. The topological polar surface area (TPSA) is 41.6 Å². The molecule has 0 aromatic rings. The molecule has 1 heterocycles. The van der Waals surface area contributed by atoms with Gasteiger partial charge in [-0.3, -0.25) is 9.69 Å². The van der Waals surface area contributed by atoms with Gasteiger partial charge in [0.15, 0.2) is 0 Å². The minimum Gasteiger partial charge on any atom is -0.465 e. The number of rotatable bonds is 5. The average Bonchev–Trinajstić information content (AvgIpc) is 2.61. The summed E-state index contributed by atoms with van der Waals surface area (Å²) in [4.78, 5) is 14.6. The second kappa shape index (κ2) is 6.97. The molecule has 1 N–H and O–H groups in total. The lowest BCUT2D eigenvalue weighted by molar-refractivity contribution is -0.158. The SMILES string of the molecule is CCOC(=O)C(CC)(CC)N1CCCNCC1. The van der Waals surface area contributed by atoms with Crippen molar-refractivity contribution in [2.75, 3.05) is 32.8 Å². The van der Waals surface area contributed by atoms with Crippen LogP contribution in [0.4, 0.5) is 0 Å². The molecule has 0 aromatic heterocycles. The summed E-state index contributed by atoms with van der Waals surface area (Å²) in [5, 5.41) is 3.37. The Bertz CT molecular complexity index is 232. The number of nitrogens with zero attached hydrogens (tertiary/aromatic N) is 1. The highest BCUT2D eigenvalue weighted by Crippen LogP contribution is 2.26. The fraction of sp³-hybridized carbons (Fsp3) is 0.923. The Morgan fingerprint density at radius 3 is 2.53 bits per heavy atom. The minimum absolute atomic E-state index is 0.0492. The van der Waals surface area contributed by atoms with Crippen molar-refractivity contribution in [2.45, 2.75) is 45.6 Å². The van der Waals surface area contributed by atoms with Gasteiger partial charge in [-0.25, -0.2) is 0 Å². The van der Waals surface area contributed by atoms with Crippen molar-refractivity contribution >= 4 is 5.97 Å². The van der Waals surface area contributed by atoms with Gasteiger partial charge in [-0.2, -0.15) is 0 Å². The molecular formula is C13H26N2O2. The van der Waals surface area contributed by atoms with Crippen molar-refractivity contribution in [3.05, 3.63) is 0 Å². The fourth-order valence-corrected chi connectivity index (χ4v) is 2.65. The Hall–Kier alpha value is -0.610. The molecule has 1 fully saturated rings. The number of esters is 1. The van der Waals surface area contributed by atoms with E-state index in [1.807, 2.05) is 6.92 Å². The maximum atomic E-state index is 12.3. The summed E-state index contributed by atoms with van der Waals surface area (Å²) < 4.78 is 5.28. The lowest BCUT2D eigenvalue weighted by Gasteiger charge is -2.40. The van der Waals surface area contributed by atoms with E-state index in [0.29, 0.717) is 6.61 Å². The standard InChI is InChI=1S/C13H26N2O2/c1-4-13(5-2,12(16)17-6-3)15-10-7-8-14-9-11-15/h14H,4-11H2,1-3H3. The monoisotopic (exact) mass is 242 g/mol. The number of hydrogen-bond donors (Lipinski definition) is 1. The molecule has 1 saturated heterocycles. The van der Waals surface area contributed by atoms with Crippen LogP contribution in [0.25, 0.3) is 0 Å². The van der Waals surface area contributed by atoms with E-state index < -0.39 is 5.54 Å². The molecule has 4 heteroatoms. The molecule has 1 rings (SSSR count). The van der Waals surface area contributed by atoms with E-state index in [2.05, 4.69) is 24.1 Å². The Balaban J connectivity index is 2.83. The summed E-state index contributed by atoms with van der Waals surface area (Å²) in [6.45, 7) is 10.4. The van der Waals surface area contributed by atoms with Gasteiger partial charge in [0.2, 0.25) is 0 Å². The fourth-order valence-electron chi connectivity index (χ4n) is 2.65. The first-order valence-electron chi connectivity index (χ1n) is 6.84. The lowest BCUT2D eigenvalue weighted by Crippen LogP contribution is -2.55. The zero-order chi connectivity index (χ0) is 12.7. The van der Waals surface area contributed by atoms with Gasteiger partial charge < -0.3 is 10.1 Å². The molecule has 1 aliphatic rings. The van der Waals surface area contributed by atoms with Crippen LogP contribution < -0.4 is 5.32 Å². The van der Waals surface area contributed by atoms with Gasteiger partial charge in [0.05, 0.1) is 6.61 Å². The smallest absolute Gasteiger partial charge is 0.326 e. The van der Waals surface area contributed by atoms with Crippen LogP contribution in [0.2, 0.25) is 0 Å². The van der Waals surface area contributed by atoms with Crippen LogP contribution in [0.1, 0.15) is 40.0 Å². The average molecular weight is 242 g/mol. The molecule has 0 aliphatic carbocycles. The molecule has 0 bridgehead atoms. The molecule has 100 valence electrons. The first kappa shape index (κ1) is 14.5. The molecule has 1 aliphatic heterocycles. The Morgan fingerprint density at radius 1 is 1.24 bits per heavy atom. The quantitative estimate of drug-likeness (QED) is 0.740. The summed E-state index contributed by atoms with van der Waals surface area (Å²) >= 11 is 0. The molecule has 0 radical (unpaired) electrons. The Labute approximate surface area is 105 Å². The van der Waals surface area contributed by atoms with Crippen molar-refractivity contribution in [3.63, 3.8) is 0 Å². The largest absolute Gasteiger partial charge is 0.465 e. The second-order valence-electron chi connectivity index (χ2n) is 4.55. The van der Waals surface area contributed by atoms with E-state index in [-0.39, 0.29) is 5.97 Å². The third kappa shape index (κ3) is 3.19. The van der Waals surface area contributed by atoms with Crippen molar-refractivity contribution in [1.29, 1.82) is 0 Å². The van der Waals surface area contributed by atoms with Crippen LogP contribution in [0, 0.1) is 0 Å². The van der Waals surface area contributed by atoms with Gasteiger partial charge >= 0.3 is 5.97 Å². The first-order valence-corrected chi connectivity index (χ1v) is 6.84. The highest BCUT2D eigenvalue weighted by Gasteiger charge is 2.42. The van der Waals surface area contributed by atoms with Crippen LogP contribution in [-0.2, 0) is 9.53 Å². The second-order valence-corrected chi connectivity index (χ2v) is 4.55. The zero-order valence-corrected chi connectivity index (χ0v) is 11.4. The summed E-state index contributed by atoms with van der Waals surface area (Å²) in [5.41, 5.74) is -0.415. The summed E-state index contributed by atoms with van der Waals surface area (Å²) in [5.74, 6) is -0.0492. The van der Waals surface area contributed by atoms with Crippen molar-refractivity contribution in [1.82, 2.24) is 10.2 Å². The van der Waals surface area contributed by atoms with Crippen molar-refractivity contribution < 1.29 is 9.53 Å². The van der Waals surface area contributed by atoms with Gasteiger partial charge in [-0.15, -0.1) is 0 Å². The molecule has 0 spiro atoms. The van der Waals surface area contributed by atoms with Crippen LogP contribution in [0.3, 0.4) is 0 Å². The Kier molecular flexibility index (Phi) is 5.92. The van der Waals surface area contributed by atoms with Gasteiger partial charge in [0.25, 0.3) is 0 Å². The van der Waals surface area contributed by atoms with Crippen LogP contribution in [0.15, 0.2) is 0 Å². The summed E-state index contributed by atoms with van der Waals surface area (Å²) in [6.07, 6.45) is 2.74. The number of carbonyl (C=O) groups is 1. The molecule has 0 unspecified atom stereocenters. The number of nitrogens with one attached hydrogen (secondary N) is 1. The molecule has 0 aromatic carbocycles. The predicted octanol–water partition coefficient (Wildman–Crippen LogP) is 1.40. The van der Waals surface area contributed by atoms with E-state index in [1.165, 1.54) is 0 Å². The first-order chi connectivity index (χ1) is 8.21. The van der Waals surface area contributed by atoms with Crippen LogP contribution >= 0.6 is 0 Å². The van der Waals surface area contributed by atoms with Crippen LogP contribution in [-0.4, -0.2) is 49.2 Å². The van der Waals surface area contributed by atoms with Gasteiger partial charge in [-0.05, 0) is 32.7 Å². The molecule has 4 nitrogen and oxygen atoms in total. The number of carbonyl (C=O) groups excluding carboxylic acids is 1. The highest BCUT2D eigenvalue weighted by molar-refractivity contribution is 5.80. The predicted molar refractivity (Wildman–Crippen MR) is 69.0 cm³/mol. The van der Waals surface area contributed by atoms with Gasteiger partial charge in [0.1, 0.15) is 5.54 Å². The van der Waals surface area contributed by atoms with Gasteiger partial charge in [0, 0.05) is 19.6 Å². The normalized spacial score (nSPS) is 18.8. The maximum Gasteiger partial charge on any atom is 0.326 e. The third-order valence-electron chi connectivity index (χ3n) is 3.77. The van der Waals surface area contributed by atoms with Crippen LogP contribution in [0.5, 0.6) is 0 Å². The van der Waals surface area contributed by atoms with E-state index in [0.717, 1.165) is 45.4 Å². The molecule has 0 saturated carbocycles. The molecular weight excluding hydrogens is 216 g/mol. The van der Waals surface area contributed by atoms with E-state index in [4.69, 9.17) is 4.74 Å². The number of hydrogen-bond acceptors (Lipinski definition) is 4. The maximum absolute atomic E-state index is 12.3. The summed E-state index contributed by atoms with van der Waals surface area (Å²) in [7, 11) is 0. The lowest BCUT2D eigenvalue weighted by atomic mass is 9.90. The molecule has 0 atom stereocenters. The third-order valence-corrected chi connectivity index (χ3v) is 3.77. The van der Waals surface area contributed by atoms with Crippen molar-refractivity contribution in [2.24, 2.45) is 0 Å². The zero-order valence-electron chi connectivity index (χ0n) is 11.4. The number of ether oxygens (including phenoxy) is 1. The minimum atomic E-state index is -0.415. The highest BCUT2D eigenvalue weighted by atomic mass is 16.5. The molecule has 17 heavy (non-hydrogen) atoms. The summed E-state index contributed by atoms with van der Waals surface area (Å²) in [6, 6.07) is 0. The van der Waals surface area contributed by atoms with Gasteiger partial charge in [-0.1, -0.05) is 13.8 Å². The van der Waals surface area contributed by atoms with Crippen molar-refractivity contribution in [3.8, 4) is 0 Å².